The van der Waals surface area contributed by atoms with Gasteiger partial charge in [-0.05, 0) is 73.1 Å². The molecule has 0 atom stereocenters. The maximum absolute atomic E-state index is 15.4. The van der Waals surface area contributed by atoms with E-state index in [1.54, 1.807) is 24.3 Å². The summed E-state index contributed by atoms with van der Waals surface area (Å²) in [7, 11) is 0. The van der Waals surface area contributed by atoms with Gasteiger partial charge in [0.25, 0.3) is 0 Å². The second-order valence-corrected chi connectivity index (χ2v) is 12.5. The topological polar surface area (TPSA) is 9.23 Å². The Morgan fingerprint density at radius 1 is 0.725 bits per heavy atom. The van der Waals surface area contributed by atoms with Crippen LogP contribution in [0.25, 0.3) is 11.1 Å². The summed E-state index contributed by atoms with van der Waals surface area (Å²) in [5.41, 5.74) is 2.16. The van der Waals surface area contributed by atoms with Crippen molar-refractivity contribution in [2.45, 2.75) is 148 Å². The summed E-state index contributed by atoms with van der Waals surface area (Å²) in [5, 5.41) is 0. The maximum Gasteiger partial charge on any atom is 0.427 e. The van der Waals surface area contributed by atoms with Gasteiger partial charge in [0.15, 0.2) is 11.6 Å². The van der Waals surface area contributed by atoms with E-state index in [9.17, 15) is 0 Å². The van der Waals surface area contributed by atoms with Crippen LogP contribution in [-0.4, -0.2) is 0 Å². The van der Waals surface area contributed by atoms with E-state index in [0.29, 0.717) is 29.0 Å². The van der Waals surface area contributed by atoms with Gasteiger partial charge in [-0.15, -0.1) is 0 Å². The van der Waals surface area contributed by atoms with Gasteiger partial charge in [0.2, 0.25) is 0 Å². The molecule has 1 heterocycles. The highest BCUT2D eigenvalue weighted by atomic mass is 19.3. The van der Waals surface area contributed by atoms with E-state index in [1.807, 2.05) is 6.07 Å². The third kappa shape index (κ3) is 8.07. The zero-order valence-electron chi connectivity index (χ0n) is 25.0. The number of benzene rings is 2. The summed E-state index contributed by atoms with van der Waals surface area (Å²) in [5.74, 6) is 0.168. The van der Waals surface area contributed by atoms with Crippen LogP contribution in [0.3, 0.4) is 0 Å². The lowest BCUT2D eigenvalue weighted by Gasteiger charge is -2.32. The van der Waals surface area contributed by atoms with Crippen LogP contribution in [0.15, 0.2) is 30.3 Å². The van der Waals surface area contributed by atoms with Gasteiger partial charge in [0.05, 0.1) is 5.56 Å². The second-order valence-electron chi connectivity index (χ2n) is 12.5. The van der Waals surface area contributed by atoms with Crippen molar-refractivity contribution >= 4 is 0 Å². The Bertz CT molecular complexity index is 1050. The van der Waals surface area contributed by atoms with E-state index in [0.717, 1.165) is 43.6 Å². The minimum atomic E-state index is -3.54. The molecule has 222 valence electrons. The Labute approximate surface area is 241 Å². The molecule has 0 aromatic heterocycles. The fourth-order valence-corrected chi connectivity index (χ4v) is 6.85. The monoisotopic (exact) mass is 556 g/mol. The van der Waals surface area contributed by atoms with Crippen molar-refractivity contribution < 1.29 is 17.9 Å². The van der Waals surface area contributed by atoms with Gasteiger partial charge < -0.3 is 4.74 Å². The zero-order chi connectivity index (χ0) is 28.4. The number of alkyl halides is 2. The van der Waals surface area contributed by atoms with Gasteiger partial charge in [0, 0.05) is 5.56 Å². The molecule has 2 aromatic rings. The summed E-state index contributed by atoms with van der Waals surface area (Å²) in [6, 6.07) is 8.95. The Morgan fingerprint density at radius 3 is 2.00 bits per heavy atom. The molecule has 0 saturated heterocycles. The van der Waals surface area contributed by atoms with Crippen LogP contribution in [0, 0.1) is 11.7 Å². The van der Waals surface area contributed by atoms with Crippen molar-refractivity contribution in [1.82, 2.24) is 0 Å². The summed E-state index contributed by atoms with van der Waals surface area (Å²) in [6.07, 6.45) is 18.7. The van der Waals surface area contributed by atoms with Gasteiger partial charge in [-0.2, -0.15) is 8.78 Å². The number of ether oxygens (including phenoxy) is 1. The molecular weight excluding hydrogens is 505 g/mol. The first-order valence-corrected chi connectivity index (χ1v) is 16.5. The molecule has 0 bridgehead atoms. The SMILES string of the molecule is CCCCCCCCCc1ccc2c(c1F)OC(F)(F)c1cc(C3CCC(CCCCCCCC)CC3)ccc1-2. The van der Waals surface area contributed by atoms with Crippen LogP contribution in [0.4, 0.5) is 13.2 Å². The Hall–Kier alpha value is -1.97. The molecule has 0 spiro atoms. The molecule has 1 aliphatic carbocycles. The molecule has 1 nitrogen and oxygen atoms in total. The van der Waals surface area contributed by atoms with Gasteiger partial charge in [-0.3, -0.25) is 0 Å². The number of unbranched alkanes of at least 4 members (excludes halogenated alkanes) is 11. The van der Waals surface area contributed by atoms with Crippen LogP contribution < -0.4 is 4.74 Å². The average molecular weight is 557 g/mol. The lowest BCUT2D eigenvalue weighted by molar-refractivity contribution is -0.188. The van der Waals surface area contributed by atoms with Gasteiger partial charge in [0.1, 0.15) is 0 Å². The molecule has 4 rings (SSSR count). The van der Waals surface area contributed by atoms with E-state index >= 15 is 13.2 Å². The number of hydrogen-bond donors (Lipinski definition) is 0. The average Bonchev–Trinajstić information content (AvgIpc) is 2.96. The Balaban J connectivity index is 1.35. The summed E-state index contributed by atoms with van der Waals surface area (Å²) >= 11 is 0. The minimum Gasteiger partial charge on any atom is -0.425 e. The van der Waals surface area contributed by atoms with E-state index in [1.165, 1.54) is 83.5 Å². The van der Waals surface area contributed by atoms with Crippen LogP contribution >= 0.6 is 0 Å². The highest BCUT2D eigenvalue weighted by molar-refractivity contribution is 5.77. The summed E-state index contributed by atoms with van der Waals surface area (Å²) in [4.78, 5) is 0. The molecule has 1 aliphatic heterocycles. The number of halogens is 3. The standard InChI is InChI=1S/C36H51F3O/c1-3-5-7-9-11-13-15-17-29-22-25-32-31-24-23-30(26-33(31)36(38,39)40-35(32)34(29)37)28-20-18-27(19-21-28)16-14-12-10-8-6-4-2/h22-28H,3-21H2,1-2H3. The predicted molar refractivity (Wildman–Crippen MR) is 161 cm³/mol. The Kier molecular flexibility index (Phi) is 11.9. The van der Waals surface area contributed by atoms with E-state index in [4.69, 9.17) is 4.74 Å². The van der Waals surface area contributed by atoms with Crippen LogP contribution in [-0.2, 0) is 12.5 Å². The molecule has 0 N–H and O–H groups in total. The van der Waals surface area contributed by atoms with E-state index in [-0.39, 0.29) is 11.3 Å². The number of rotatable bonds is 16. The first kappa shape index (κ1) is 31.0. The normalized spacial score (nSPS) is 19.6. The molecule has 2 aliphatic rings. The minimum absolute atomic E-state index is 0.120. The number of fused-ring (bicyclic) bond motifs is 3. The van der Waals surface area contributed by atoms with Crippen LogP contribution in [0.5, 0.6) is 5.75 Å². The number of hydrogen-bond acceptors (Lipinski definition) is 1. The highest BCUT2D eigenvalue weighted by Gasteiger charge is 2.44. The van der Waals surface area contributed by atoms with Crippen LogP contribution in [0.2, 0.25) is 0 Å². The molecule has 40 heavy (non-hydrogen) atoms. The third-order valence-corrected chi connectivity index (χ3v) is 9.39. The molecule has 1 saturated carbocycles. The lowest BCUT2D eigenvalue weighted by Crippen LogP contribution is -2.28. The largest absolute Gasteiger partial charge is 0.427 e. The van der Waals surface area contributed by atoms with Gasteiger partial charge in [-0.25, -0.2) is 4.39 Å². The fourth-order valence-electron chi connectivity index (χ4n) is 6.85. The third-order valence-electron chi connectivity index (χ3n) is 9.39. The highest BCUT2D eigenvalue weighted by Crippen LogP contribution is 2.50. The summed E-state index contributed by atoms with van der Waals surface area (Å²) < 4.78 is 51.1. The quantitative estimate of drug-likeness (QED) is 0.187. The van der Waals surface area contributed by atoms with Crippen molar-refractivity contribution in [3.8, 4) is 16.9 Å². The first-order valence-electron chi connectivity index (χ1n) is 16.5. The second kappa shape index (κ2) is 15.3. The van der Waals surface area contributed by atoms with E-state index < -0.39 is 11.9 Å². The molecule has 4 heteroatoms. The molecule has 1 fully saturated rings. The number of aryl methyl sites for hydroxylation is 1. The summed E-state index contributed by atoms with van der Waals surface area (Å²) in [6.45, 7) is 4.45. The molecular formula is C36H51F3O. The van der Waals surface area contributed by atoms with Crippen molar-refractivity contribution in [1.29, 1.82) is 0 Å². The first-order chi connectivity index (χ1) is 19.4. The molecule has 0 radical (unpaired) electrons. The van der Waals surface area contributed by atoms with Crippen molar-refractivity contribution in [2.24, 2.45) is 5.92 Å². The maximum atomic E-state index is 15.4. The van der Waals surface area contributed by atoms with E-state index in [2.05, 4.69) is 13.8 Å². The molecule has 0 unspecified atom stereocenters. The zero-order valence-corrected chi connectivity index (χ0v) is 25.0. The van der Waals surface area contributed by atoms with Crippen molar-refractivity contribution in [2.75, 3.05) is 0 Å². The molecule has 0 amide bonds. The molecule has 2 aromatic carbocycles. The fraction of sp³-hybridized carbons (Fsp3) is 0.667. The van der Waals surface area contributed by atoms with Crippen molar-refractivity contribution in [3.63, 3.8) is 0 Å². The predicted octanol–water partition coefficient (Wildman–Crippen LogP) is 12.3. The van der Waals surface area contributed by atoms with Crippen molar-refractivity contribution in [3.05, 3.63) is 52.8 Å². The van der Waals surface area contributed by atoms with Gasteiger partial charge >= 0.3 is 6.11 Å². The lowest BCUT2D eigenvalue weighted by atomic mass is 9.76. The van der Waals surface area contributed by atoms with Crippen LogP contribution in [0.1, 0.15) is 152 Å². The smallest absolute Gasteiger partial charge is 0.425 e. The van der Waals surface area contributed by atoms with Gasteiger partial charge in [-0.1, -0.05) is 122 Å². The Morgan fingerprint density at radius 2 is 1.32 bits per heavy atom.